The van der Waals surface area contributed by atoms with Gasteiger partial charge in [0, 0.05) is 40.3 Å². The first kappa shape index (κ1) is 29.0. The van der Waals surface area contributed by atoms with Crippen molar-refractivity contribution in [1.29, 1.82) is 0 Å². The fourth-order valence-electron chi connectivity index (χ4n) is 5.67. The molecular weight excluding hydrogens is 492 g/mol. The lowest BCUT2D eigenvalue weighted by molar-refractivity contribution is -0.120. The number of nitrogens with zero attached hydrogens (tertiary/aromatic N) is 3. The maximum Gasteiger partial charge on any atom is 0.225 e. The maximum absolute atomic E-state index is 13.5. The number of Topliss-reactive ketones (excluding diaryl/α,β-unsaturated/α-hetero) is 1. The number of ether oxygens (including phenoxy) is 2. The minimum atomic E-state index is -0.367. The van der Waals surface area contributed by atoms with Crippen molar-refractivity contribution in [3.8, 4) is 5.75 Å². The van der Waals surface area contributed by atoms with Crippen LogP contribution in [0.4, 0.5) is 5.69 Å². The molecule has 1 heterocycles. The molecule has 0 fully saturated rings. The second-order valence-corrected chi connectivity index (χ2v) is 9.92. The summed E-state index contributed by atoms with van der Waals surface area (Å²) in [5.74, 6) is 0.0807. The highest BCUT2D eigenvalue weighted by Crippen LogP contribution is 2.48. The SMILES string of the molecule is CCOC1=CC(=O)C2=C(C1=O)C(CNC)N(CC)C(C(c1c(S)cc(C)c(OCC)c1N=O)N(C)C)C2. The Morgan fingerprint density at radius 1 is 1.22 bits per heavy atom. The molecule has 0 saturated heterocycles. The Labute approximate surface area is 224 Å². The normalized spacial score (nSPS) is 21.2. The van der Waals surface area contributed by atoms with E-state index in [4.69, 9.17) is 22.1 Å². The number of ketones is 2. The van der Waals surface area contributed by atoms with Crippen molar-refractivity contribution in [2.75, 3.05) is 47.4 Å². The number of thiol groups is 1. The minimum absolute atomic E-state index is 0.0935. The number of nitrogens with one attached hydrogen (secondary N) is 1. The molecule has 1 aromatic rings. The van der Waals surface area contributed by atoms with Gasteiger partial charge in [0.25, 0.3) is 0 Å². The van der Waals surface area contributed by atoms with Gasteiger partial charge in [-0.2, -0.15) is 0 Å². The third kappa shape index (κ3) is 5.38. The van der Waals surface area contributed by atoms with Crippen LogP contribution in [0.3, 0.4) is 0 Å². The second kappa shape index (κ2) is 12.3. The van der Waals surface area contributed by atoms with Crippen LogP contribution in [-0.2, 0) is 14.3 Å². The van der Waals surface area contributed by atoms with Crippen LogP contribution in [-0.4, -0.2) is 80.9 Å². The first-order chi connectivity index (χ1) is 17.7. The number of benzene rings is 1. The van der Waals surface area contributed by atoms with Gasteiger partial charge >= 0.3 is 0 Å². The summed E-state index contributed by atoms with van der Waals surface area (Å²) in [5, 5.41) is 6.61. The van der Waals surface area contributed by atoms with E-state index in [9.17, 15) is 14.5 Å². The molecule has 1 aromatic carbocycles. The predicted octanol–water partition coefficient (Wildman–Crippen LogP) is 3.73. The Balaban J connectivity index is 2.24. The molecule has 10 heteroatoms. The molecule has 1 N–H and O–H groups in total. The summed E-state index contributed by atoms with van der Waals surface area (Å²) in [4.78, 5) is 43.9. The number of hydrogen-bond acceptors (Lipinski definition) is 10. The zero-order valence-corrected chi connectivity index (χ0v) is 23.6. The number of carbonyl (C=O) groups is 2. The smallest absolute Gasteiger partial charge is 0.225 e. The molecule has 1 aliphatic carbocycles. The summed E-state index contributed by atoms with van der Waals surface area (Å²) in [6.07, 6.45) is 1.64. The van der Waals surface area contributed by atoms with Gasteiger partial charge < -0.3 is 19.7 Å². The van der Waals surface area contributed by atoms with Crippen LogP contribution in [0.25, 0.3) is 0 Å². The number of nitroso groups, excluding NO2 is 1. The van der Waals surface area contributed by atoms with E-state index in [-0.39, 0.29) is 41.1 Å². The number of likely N-dealkylation sites (N-methyl/N-ethyl adjacent to an activating group) is 3. The van der Waals surface area contributed by atoms with Crippen molar-refractivity contribution >= 4 is 29.9 Å². The van der Waals surface area contributed by atoms with Crippen molar-refractivity contribution in [1.82, 2.24) is 15.1 Å². The number of allylic oxidation sites excluding steroid dienone is 2. The van der Waals surface area contributed by atoms with E-state index >= 15 is 0 Å². The van der Waals surface area contributed by atoms with E-state index in [2.05, 4.69) is 15.4 Å². The van der Waals surface area contributed by atoms with Crippen molar-refractivity contribution in [2.24, 2.45) is 5.18 Å². The average molecular weight is 531 g/mol. The molecular formula is C27H38N4O5S. The summed E-state index contributed by atoms with van der Waals surface area (Å²) in [5.41, 5.74) is 2.62. The van der Waals surface area contributed by atoms with Crippen LogP contribution in [0.5, 0.6) is 5.75 Å². The van der Waals surface area contributed by atoms with Crippen molar-refractivity contribution in [2.45, 2.75) is 57.1 Å². The lowest BCUT2D eigenvalue weighted by Gasteiger charge is -2.48. The zero-order valence-electron chi connectivity index (χ0n) is 22.8. The molecule has 0 saturated carbocycles. The standard InChI is InChI=1S/C27H38N4O5S/c1-8-31-17(12-16-19(32)13-20(35-9-2)26(33)22(16)18(31)14-28-5)25(30(6)7)23-21(37)11-15(4)27(36-10-3)24(23)29-34/h11,13,17-18,25,28,37H,8-10,12,14H2,1-7H3. The van der Waals surface area contributed by atoms with Gasteiger partial charge in [0.15, 0.2) is 23.0 Å². The van der Waals surface area contributed by atoms with Gasteiger partial charge in [-0.25, -0.2) is 0 Å². The summed E-state index contributed by atoms with van der Waals surface area (Å²) in [6, 6.07) is 0.906. The highest BCUT2D eigenvalue weighted by Gasteiger charge is 2.47. The van der Waals surface area contributed by atoms with Gasteiger partial charge in [-0.3, -0.25) is 14.5 Å². The van der Waals surface area contributed by atoms with Gasteiger partial charge in [-0.15, -0.1) is 17.5 Å². The highest BCUT2D eigenvalue weighted by molar-refractivity contribution is 7.80. The molecule has 0 aromatic heterocycles. The zero-order chi connectivity index (χ0) is 27.4. The molecule has 2 aliphatic rings. The average Bonchev–Trinajstić information content (AvgIpc) is 2.85. The molecule has 9 nitrogen and oxygen atoms in total. The molecule has 37 heavy (non-hydrogen) atoms. The minimum Gasteiger partial charge on any atom is -0.491 e. The van der Waals surface area contributed by atoms with E-state index in [1.165, 1.54) is 6.08 Å². The van der Waals surface area contributed by atoms with Gasteiger partial charge in [0.05, 0.1) is 25.3 Å². The van der Waals surface area contributed by atoms with Gasteiger partial charge in [0.1, 0.15) is 0 Å². The lowest BCUT2D eigenvalue weighted by Crippen LogP contribution is -2.57. The highest BCUT2D eigenvalue weighted by atomic mass is 32.1. The first-order valence-electron chi connectivity index (χ1n) is 12.7. The van der Waals surface area contributed by atoms with E-state index in [1.807, 2.05) is 52.9 Å². The first-order valence-corrected chi connectivity index (χ1v) is 13.2. The topological polar surface area (TPSA) is 101 Å². The van der Waals surface area contributed by atoms with Gasteiger partial charge in [-0.05, 0) is 71.7 Å². The number of rotatable bonds is 11. The number of aryl methyl sites for hydroxylation is 1. The van der Waals surface area contributed by atoms with E-state index in [1.54, 1.807) is 6.92 Å². The summed E-state index contributed by atoms with van der Waals surface area (Å²) >= 11 is 4.77. The lowest BCUT2D eigenvalue weighted by atomic mass is 9.77. The Bertz CT molecular complexity index is 1130. The Morgan fingerprint density at radius 2 is 1.89 bits per heavy atom. The molecule has 3 rings (SSSR count). The van der Waals surface area contributed by atoms with Gasteiger partial charge in [0.2, 0.25) is 5.78 Å². The fourth-order valence-corrected chi connectivity index (χ4v) is 6.10. The Morgan fingerprint density at radius 3 is 2.43 bits per heavy atom. The molecule has 1 aliphatic heterocycles. The molecule has 0 bridgehead atoms. The Hall–Kier alpha value is -2.53. The predicted molar refractivity (Wildman–Crippen MR) is 147 cm³/mol. The second-order valence-electron chi connectivity index (χ2n) is 9.44. The monoisotopic (exact) mass is 530 g/mol. The van der Waals surface area contributed by atoms with Crippen LogP contribution in [0, 0.1) is 11.8 Å². The van der Waals surface area contributed by atoms with Gasteiger partial charge in [-0.1, -0.05) is 6.92 Å². The third-order valence-corrected chi connectivity index (χ3v) is 7.41. The third-order valence-electron chi connectivity index (χ3n) is 7.04. The van der Waals surface area contributed by atoms with Crippen LogP contribution >= 0.6 is 12.6 Å². The van der Waals surface area contributed by atoms with Crippen LogP contribution in [0.1, 0.15) is 44.4 Å². The largest absolute Gasteiger partial charge is 0.491 e. The molecule has 202 valence electrons. The summed E-state index contributed by atoms with van der Waals surface area (Å²) in [7, 11) is 5.68. The van der Waals surface area contributed by atoms with E-state index in [0.717, 1.165) is 5.56 Å². The molecule has 3 unspecified atom stereocenters. The van der Waals surface area contributed by atoms with Crippen LogP contribution in [0.2, 0.25) is 0 Å². The van der Waals surface area contributed by atoms with Crippen LogP contribution < -0.4 is 10.1 Å². The molecule has 0 spiro atoms. The summed E-state index contributed by atoms with van der Waals surface area (Å²) < 4.78 is 11.4. The fraction of sp³-hybridized carbons (Fsp3) is 0.556. The quantitative estimate of drug-likeness (QED) is 0.254. The summed E-state index contributed by atoms with van der Waals surface area (Å²) in [6.45, 7) is 9.31. The maximum atomic E-state index is 13.5. The van der Waals surface area contributed by atoms with Crippen molar-refractivity contribution in [3.05, 3.63) is 45.1 Å². The van der Waals surface area contributed by atoms with E-state index in [0.29, 0.717) is 60.1 Å². The van der Waals surface area contributed by atoms with Crippen molar-refractivity contribution in [3.63, 3.8) is 0 Å². The molecule has 0 radical (unpaired) electrons. The number of carbonyl (C=O) groups excluding carboxylic acids is 2. The van der Waals surface area contributed by atoms with Crippen LogP contribution in [0.15, 0.2) is 39.1 Å². The molecule has 0 amide bonds. The molecule has 3 atom stereocenters. The Kier molecular flexibility index (Phi) is 9.68. The number of hydrogen-bond donors (Lipinski definition) is 2. The van der Waals surface area contributed by atoms with Crippen molar-refractivity contribution < 1.29 is 19.1 Å². The van der Waals surface area contributed by atoms with E-state index < -0.39 is 0 Å².